The van der Waals surface area contributed by atoms with E-state index >= 15 is 0 Å². The Morgan fingerprint density at radius 3 is 2.40 bits per heavy atom. The van der Waals surface area contributed by atoms with Crippen molar-refractivity contribution >= 4 is 43.4 Å². The lowest BCUT2D eigenvalue weighted by molar-refractivity contribution is 0.253. The summed E-state index contributed by atoms with van der Waals surface area (Å²) in [7, 11) is -4.12. The van der Waals surface area contributed by atoms with E-state index in [4.69, 9.17) is 0 Å². The van der Waals surface area contributed by atoms with E-state index in [9.17, 15) is 17.6 Å². The molecule has 1 aliphatic heterocycles. The Morgan fingerprint density at radius 1 is 0.967 bits per heavy atom. The molecule has 0 aromatic heterocycles. The number of carbonyl (C=O) groups is 1. The number of anilines is 2. The molecular weight excluding hydrogens is 471 g/mol. The van der Waals surface area contributed by atoms with Gasteiger partial charge in [0.15, 0.2) is 0 Å². The fourth-order valence-electron chi connectivity index (χ4n) is 3.39. The van der Waals surface area contributed by atoms with Gasteiger partial charge in [0, 0.05) is 10.0 Å². The minimum atomic E-state index is -4.12. The van der Waals surface area contributed by atoms with Crippen LogP contribution in [0.5, 0.6) is 0 Å². The monoisotopic (exact) mass is 488 g/mol. The van der Waals surface area contributed by atoms with Crippen LogP contribution in [0, 0.1) is 19.7 Å². The third-order valence-electron chi connectivity index (χ3n) is 5.15. The van der Waals surface area contributed by atoms with E-state index in [1.54, 1.807) is 48.5 Å². The van der Waals surface area contributed by atoms with Crippen molar-refractivity contribution in [1.29, 1.82) is 0 Å². The summed E-state index contributed by atoms with van der Waals surface area (Å²) in [6.07, 6.45) is 0. The van der Waals surface area contributed by atoms with E-state index in [-0.39, 0.29) is 28.4 Å². The molecule has 3 aromatic rings. The van der Waals surface area contributed by atoms with Crippen molar-refractivity contribution in [2.45, 2.75) is 25.3 Å². The van der Waals surface area contributed by atoms with Crippen molar-refractivity contribution in [2.24, 2.45) is 0 Å². The lowest BCUT2D eigenvalue weighted by Gasteiger charge is -2.36. The van der Waals surface area contributed by atoms with Crippen molar-refractivity contribution in [1.82, 2.24) is 0 Å². The Balaban J connectivity index is 1.88. The second-order valence-corrected chi connectivity index (χ2v) is 9.78. The Morgan fingerprint density at radius 2 is 1.70 bits per heavy atom. The fourth-order valence-corrected chi connectivity index (χ4v) is 5.30. The van der Waals surface area contributed by atoms with Gasteiger partial charge in [0.05, 0.1) is 17.9 Å². The number of rotatable bonds is 3. The molecule has 154 valence electrons. The number of benzene rings is 3. The number of amides is 2. The van der Waals surface area contributed by atoms with Gasteiger partial charge in [-0.05, 0) is 61.4 Å². The molecule has 1 heterocycles. The Hall–Kier alpha value is -2.71. The molecule has 0 unspecified atom stereocenters. The molecule has 8 heteroatoms. The molecule has 3 aromatic carbocycles. The molecule has 30 heavy (non-hydrogen) atoms. The molecule has 1 aliphatic rings. The largest absolute Gasteiger partial charge is 0.343 e. The number of nitrogens with zero attached hydrogens (tertiary/aromatic N) is 2. The molecule has 2 amide bonds. The zero-order chi connectivity index (χ0) is 21.6. The van der Waals surface area contributed by atoms with Crippen LogP contribution in [0.25, 0.3) is 0 Å². The molecule has 0 fully saturated rings. The maximum atomic E-state index is 14.5. The highest BCUT2D eigenvalue weighted by Gasteiger charge is 2.42. The number of halogens is 2. The molecule has 0 saturated heterocycles. The van der Waals surface area contributed by atoms with Crippen LogP contribution in [-0.4, -0.2) is 14.4 Å². The molecule has 4 rings (SSSR count). The Bertz CT molecular complexity index is 1280. The van der Waals surface area contributed by atoms with E-state index in [0.717, 1.165) is 15.4 Å². The highest BCUT2D eigenvalue weighted by molar-refractivity contribution is 9.10. The van der Waals surface area contributed by atoms with Crippen LogP contribution >= 0.6 is 15.9 Å². The van der Waals surface area contributed by atoms with Crippen LogP contribution < -0.4 is 9.21 Å². The zero-order valence-electron chi connectivity index (χ0n) is 16.3. The highest BCUT2D eigenvalue weighted by Crippen LogP contribution is 2.38. The summed E-state index contributed by atoms with van der Waals surface area (Å²) in [5, 5.41) is 0. The Labute approximate surface area is 182 Å². The number of fused-ring (bicyclic) bond motifs is 1. The molecule has 0 spiro atoms. The average molecular weight is 489 g/mol. The molecule has 0 atom stereocenters. The minimum absolute atomic E-state index is 0.000322. The van der Waals surface area contributed by atoms with Gasteiger partial charge >= 0.3 is 6.03 Å². The van der Waals surface area contributed by atoms with Gasteiger partial charge < -0.3 is 0 Å². The summed E-state index contributed by atoms with van der Waals surface area (Å²) < 4.78 is 42.5. The number of hydrogen-bond donors (Lipinski definition) is 0. The van der Waals surface area contributed by atoms with Gasteiger partial charge in [-0.3, -0.25) is 4.90 Å². The van der Waals surface area contributed by atoms with Gasteiger partial charge in [-0.2, -0.15) is 4.31 Å². The third-order valence-corrected chi connectivity index (χ3v) is 7.39. The predicted molar refractivity (Wildman–Crippen MR) is 118 cm³/mol. The van der Waals surface area contributed by atoms with Crippen LogP contribution in [0.4, 0.5) is 20.6 Å². The summed E-state index contributed by atoms with van der Waals surface area (Å²) in [4.78, 5) is 14.7. The number of hydrogen-bond acceptors (Lipinski definition) is 3. The van der Waals surface area contributed by atoms with Gasteiger partial charge in [-0.1, -0.05) is 40.2 Å². The summed E-state index contributed by atoms with van der Waals surface area (Å²) >= 11 is 3.22. The predicted octanol–water partition coefficient (Wildman–Crippen LogP) is 5.54. The first-order valence-electron chi connectivity index (χ1n) is 9.17. The lowest BCUT2D eigenvalue weighted by Crippen LogP contribution is -2.50. The van der Waals surface area contributed by atoms with Crippen molar-refractivity contribution in [3.63, 3.8) is 0 Å². The van der Waals surface area contributed by atoms with Crippen molar-refractivity contribution in [3.05, 3.63) is 87.6 Å². The number of sulfonamides is 1. The number of aryl methyl sites for hydroxylation is 2. The molecule has 0 radical (unpaired) electrons. The summed E-state index contributed by atoms with van der Waals surface area (Å²) in [6, 6.07) is 15.1. The molecule has 5 nitrogen and oxygen atoms in total. The first-order chi connectivity index (χ1) is 14.2. The van der Waals surface area contributed by atoms with Crippen LogP contribution in [0.1, 0.15) is 16.7 Å². The fraction of sp³-hybridized carbons (Fsp3) is 0.136. The number of carbonyl (C=O) groups excluding carboxylic acids is 1. The van der Waals surface area contributed by atoms with E-state index < -0.39 is 21.9 Å². The van der Waals surface area contributed by atoms with Crippen molar-refractivity contribution < 1.29 is 17.6 Å². The Kier molecular flexibility index (Phi) is 5.15. The van der Waals surface area contributed by atoms with Crippen LogP contribution in [-0.2, 0) is 16.6 Å². The summed E-state index contributed by atoms with van der Waals surface area (Å²) in [5.41, 5.74) is 2.60. The van der Waals surface area contributed by atoms with Crippen LogP contribution in [0.15, 0.2) is 70.0 Å². The van der Waals surface area contributed by atoms with Crippen LogP contribution in [0.3, 0.4) is 0 Å². The quantitative estimate of drug-likeness (QED) is 0.486. The molecule has 0 aliphatic carbocycles. The van der Waals surface area contributed by atoms with Crippen molar-refractivity contribution in [2.75, 3.05) is 9.21 Å². The maximum absolute atomic E-state index is 14.5. The second kappa shape index (κ2) is 7.52. The third kappa shape index (κ3) is 3.40. The molecular formula is C22H18BrFN2O3S. The zero-order valence-corrected chi connectivity index (χ0v) is 18.7. The summed E-state index contributed by atoms with van der Waals surface area (Å²) in [5.74, 6) is -0.485. The average Bonchev–Trinajstić information content (AvgIpc) is 2.69. The normalized spacial score (nSPS) is 15.3. The smallest absolute Gasteiger partial charge is 0.287 e. The van der Waals surface area contributed by atoms with Gasteiger partial charge in [0.25, 0.3) is 10.0 Å². The lowest BCUT2D eigenvalue weighted by atomic mass is 10.1. The molecule has 0 saturated carbocycles. The number of urea groups is 1. The summed E-state index contributed by atoms with van der Waals surface area (Å²) in [6.45, 7) is 3.65. The molecule has 0 N–H and O–H groups in total. The topological polar surface area (TPSA) is 57.7 Å². The second-order valence-electron chi connectivity index (χ2n) is 7.11. The van der Waals surface area contributed by atoms with E-state index in [0.29, 0.717) is 4.47 Å². The maximum Gasteiger partial charge on any atom is 0.343 e. The van der Waals surface area contributed by atoms with Crippen LogP contribution in [0.2, 0.25) is 0 Å². The molecule has 0 bridgehead atoms. The van der Waals surface area contributed by atoms with E-state index in [1.807, 2.05) is 13.8 Å². The highest BCUT2D eigenvalue weighted by atomic mass is 79.9. The standard InChI is InChI=1S/C22H18BrFN2O3S/c1-14-7-10-18(11-15(14)2)26-22(27)25(13-16-8-9-17(23)12-19(16)24)20-5-3-4-6-21(20)30(26,28)29/h3-12H,13H2,1-2H3. The van der Waals surface area contributed by atoms with Crippen molar-refractivity contribution in [3.8, 4) is 0 Å². The SMILES string of the molecule is Cc1ccc(N2C(=O)N(Cc3ccc(Br)cc3F)c3ccccc3S2(=O)=O)cc1C. The number of para-hydroxylation sites is 1. The van der Waals surface area contributed by atoms with Gasteiger partial charge in [0.2, 0.25) is 0 Å². The van der Waals surface area contributed by atoms with E-state index in [1.165, 1.54) is 17.0 Å². The van der Waals surface area contributed by atoms with E-state index in [2.05, 4.69) is 15.9 Å². The van der Waals surface area contributed by atoms with Gasteiger partial charge in [0.1, 0.15) is 10.7 Å². The first kappa shape index (κ1) is 20.6. The first-order valence-corrected chi connectivity index (χ1v) is 11.4. The van der Waals surface area contributed by atoms with Gasteiger partial charge in [-0.15, -0.1) is 0 Å². The van der Waals surface area contributed by atoms with Gasteiger partial charge in [-0.25, -0.2) is 17.6 Å². The minimum Gasteiger partial charge on any atom is -0.287 e.